The van der Waals surface area contributed by atoms with Crippen LogP contribution in [0.5, 0.6) is 0 Å². The molecule has 2 aromatic heterocycles. The van der Waals surface area contributed by atoms with Gasteiger partial charge in [-0.2, -0.15) is 0 Å². The number of thiophene rings is 1. The molecule has 0 saturated carbocycles. The molecule has 0 aliphatic carbocycles. The van der Waals surface area contributed by atoms with Crippen LogP contribution in [0.3, 0.4) is 0 Å². The van der Waals surface area contributed by atoms with Gasteiger partial charge < -0.3 is 10.4 Å². The first-order valence-electron chi connectivity index (χ1n) is 7.09. The number of fused-ring (bicyclic) bond motifs is 3. The van der Waals surface area contributed by atoms with Crippen molar-refractivity contribution in [1.29, 1.82) is 0 Å². The van der Waals surface area contributed by atoms with Crippen molar-refractivity contribution >= 4 is 49.8 Å². The quantitative estimate of drug-likeness (QED) is 0.564. The number of carboxylic acid groups (broad SMARTS) is 1. The van der Waals surface area contributed by atoms with E-state index in [0.29, 0.717) is 11.3 Å². The second-order valence-corrected chi connectivity index (χ2v) is 6.04. The second-order valence-electron chi connectivity index (χ2n) is 5.12. The van der Waals surface area contributed by atoms with Crippen LogP contribution >= 0.6 is 11.3 Å². The zero-order valence-corrected chi connectivity index (χ0v) is 12.8. The molecule has 112 valence electrons. The lowest BCUT2D eigenvalue weighted by molar-refractivity contribution is 0.0699. The standard InChI is InChI=1S/C18H12N2O2S/c21-18(22)14-8-4-7-12-13-9-10-23-16(13)17(20-15(12)14)19-11-5-2-1-3-6-11/h1-10H,(H,19,20)(H,21,22). The van der Waals surface area contributed by atoms with Gasteiger partial charge >= 0.3 is 5.97 Å². The van der Waals surface area contributed by atoms with E-state index in [1.54, 1.807) is 23.5 Å². The summed E-state index contributed by atoms with van der Waals surface area (Å²) >= 11 is 1.59. The van der Waals surface area contributed by atoms with Gasteiger partial charge in [-0.3, -0.25) is 0 Å². The van der Waals surface area contributed by atoms with E-state index in [-0.39, 0.29) is 5.56 Å². The van der Waals surface area contributed by atoms with Gasteiger partial charge in [-0.05, 0) is 29.6 Å². The Morgan fingerprint density at radius 2 is 1.83 bits per heavy atom. The summed E-state index contributed by atoms with van der Waals surface area (Å²) < 4.78 is 1.02. The predicted molar refractivity (Wildman–Crippen MR) is 93.8 cm³/mol. The van der Waals surface area contributed by atoms with Gasteiger partial charge in [0.15, 0.2) is 0 Å². The number of aromatic carboxylic acids is 1. The number of para-hydroxylation sites is 2. The Morgan fingerprint density at radius 3 is 2.61 bits per heavy atom. The third-order valence-electron chi connectivity index (χ3n) is 3.70. The summed E-state index contributed by atoms with van der Waals surface area (Å²) in [5, 5.41) is 16.6. The minimum Gasteiger partial charge on any atom is -0.478 e. The van der Waals surface area contributed by atoms with Crippen LogP contribution in [0.1, 0.15) is 10.4 Å². The summed E-state index contributed by atoms with van der Waals surface area (Å²) in [7, 11) is 0. The van der Waals surface area contributed by atoms with Crippen molar-refractivity contribution < 1.29 is 9.90 Å². The lowest BCUT2D eigenvalue weighted by Gasteiger charge is -2.10. The molecule has 2 heterocycles. The number of hydrogen-bond donors (Lipinski definition) is 2. The fourth-order valence-electron chi connectivity index (χ4n) is 2.66. The lowest BCUT2D eigenvalue weighted by Crippen LogP contribution is -2.01. The summed E-state index contributed by atoms with van der Waals surface area (Å²) in [6.07, 6.45) is 0. The van der Waals surface area contributed by atoms with E-state index >= 15 is 0 Å². The van der Waals surface area contributed by atoms with Gasteiger partial charge in [-0.25, -0.2) is 9.78 Å². The van der Waals surface area contributed by atoms with Crippen LogP contribution < -0.4 is 5.32 Å². The molecule has 0 spiro atoms. The minimum absolute atomic E-state index is 0.215. The van der Waals surface area contributed by atoms with Gasteiger partial charge in [0, 0.05) is 16.5 Å². The van der Waals surface area contributed by atoms with Crippen LogP contribution in [0.25, 0.3) is 21.0 Å². The van der Waals surface area contributed by atoms with Crippen molar-refractivity contribution in [2.45, 2.75) is 0 Å². The summed E-state index contributed by atoms with van der Waals surface area (Å²) in [6.45, 7) is 0. The number of hydrogen-bond acceptors (Lipinski definition) is 4. The highest BCUT2D eigenvalue weighted by Crippen LogP contribution is 2.35. The van der Waals surface area contributed by atoms with Crippen molar-refractivity contribution in [2.24, 2.45) is 0 Å². The SMILES string of the molecule is O=C(O)c1cccc2c1nc(Nc1ccccc1)c1sccc12. The molecule has 0 aliphatic heterocycles. The predicted octanol–water partition coefficient (Wildman–Crippen LogP) is 4.89. The van der Waals surface area contributed by atoms with Gasteiger partial charge in [0.1, 0.15) is 5.82 Å². The summed E-state index contributed by atoms with van der Waals surface area (Å²) in [5.41, 5.74) is 1.64. The molecule has 0 saturated heterocycles. The van der Waals surface area contributed by atoms with E-state index in [2.05, 4.69) is 10.3 Å². The second kappa shape index (κ2) is 5.37. The van der Waals surface area contributed by atoms with Crippen LogP contribution in [0.2, 0.25) is 0 Å². The smallest absolute Gasteiger partial charge is 0.337 e. The Hall–Kier alpha value is -2.92. The average Bonchev–Trinajstić information content (AvgIpc) is 3.05. The monoisotopic (exact) mass is 320 g/mol. The molecule has 5 heteroatoms. The third-order valence-corrected chi connectivity index (χ3v) is 4.62. The molecule has 23 heavy (non-hydrogen) atoms. The van der Waals surface area contributed by atoms with E-state index in [1.807, 2.05) is 47.8 Å². The maximum Gasteiger partial charge on any atom is 0.337 e. The highest BCUT2D eigenvalue weighted by molar-refractivity contribution is 7.18. The largest absolute Gasteiger partial charge is 0.478 e. The molecule has 0 fully saturated rings. The van der Waals surface area contributed by atoms with Gasteiger partial charge in [0.25, 0.3) is 0 Å². The van der Waals surface area contributed by atoms with E-state index in [0.717, 1.165) is 21.2 Å². The zero-order valence-electron chi connectivity index (χ0n) is 12.0. The first-order chi connectivity index (χ1) is 11.2. The van der Waals surface area contributed by atoms with Gasteiger partial charge in [0.2, 0.25) is 0 Å². The highest BCUT2D eigenvalue weighted by atomic mass is 32.1. The fourth-order valence-corrected chi connectivity index (χ4v) is 3.52. The Morgan fingerprint density at radius 1 is 1.00 bits per heavy atom. The molecule has 0 bridgehead atoms. The number of benzene rings is 2. The van der Waals surface area contributed by atoms with Gasteiger partial charge in [0.05, 0.1) is 15.8 Å². The van der Waals surface area contributed by atoms with Crippen LogP contribution in [0.4, 0.5) is 11.5 Å². The lowest BCUT2D eigenvalue weighted by atomic mass is 10.1. The maximum absolute atomic E-state index is 11.5. The Kier molecular flexibility index (Phi) is 3.20. The normalized spacial score (nSPS) is 11.0. The molecule has 0 radical (unpaired) electrons. The molecular formula is C18H12N2O2S. The summed E-state index contributed by atoms with van der Waals surface area (Å²) in [6, 6.07) is 17.0. The number of pyridine rings is 1. The number of nitrogens with one attached hydrogen (secondary N) is 1. The highest BCUT2D eigenvalue weighted by Gasteiger charge is 2.15. The molecule has 0 aliphatic rings. The molecule has 4 aromatic rings. The minimum atomic E-state index is -0.969. The molecule has 0 atom stereocenters. The van der Waals surface area contributed by atoms with Gasteiger partial charge in [-0.15, -0.1) is 11.3 Å². The number of anilines is 2. The van der Waals surface area contributed by atoms with Gasteiger partial charge in [-0.1, -0.05) is 30.3 Å². The first-order valence-corrected chi connectivity index (χ1v) is 7.97. The van der Waals surface area contributed by atoms with Crippen molar-refractivity contribution in [3.8, 4) is 0 Å². The Bertz CT molecular complexity index is 1030. The number of carbonyl (C=O) groups is 1. The molecule has 4 nitrogen and oxygen atoms in total. The van der Waals surface area contributed by atoms with E-state index < -0.39 is 5.97 Å². The van der Waals surface area contributed by atoms with Crippen LogP contribution in [0.15, 0.2) is 60.0 Å². The zero-order chi connectivity index (χ0) is 15.8. The molecule has 2 aromatic carbocycles. The van der Waals surface area contributed by atoms with E-state index in [9.17, 15) is 9.90 Å². The Labute approximate surface area is 136 Å². The number of rotatable bonds is 3. The van der Waals surface area contributed by atoms with Crippen LogP contribution in [0, 0.1) is 0 Å². The molecule has 0 unspecified atom stereocenters. The van der Waals surface area contributed by atoms with Crippen molar-refractivity contribution in [2.75, 3.05) is 5.32 Å². The van der Waals surface area contributed by atoms with Crippen LogP contribution in [-0.2, 0) is 0 Å². The number of carboxylic acids is 1. The molecule has 2 N–H and O–H groups in total. The first kappa shape index (κ1) is 13.7. The van der Waals surface area contributed by atoms with Crippen molar-refractivity contribution in [1.82, 2.24) is 4.98 Å². The topological polar surface area (TPSA) is 62.2 Å². The maximum atomic E-state index is 11.5. The van der Waals surface area contributed by atoms with E-state index in [4.69, 9.17) is 0 Å². The molecule has 4 rings (SSSR count). The average molecular weight is 320 g/mol. The Balaban J connectivity index is 2.00. The number of aromatic nitrogens is 1. The van der Waals surface area contributed by atoms with E-state index in [1.165, 1.54) is 0 Å². The third kappa shape index (κ3) is 2.31. The number of nitrogens with zero attached hydrogens (tertiary/aromatic N) is 1. The molecular weight excluding hydrogens is 308 g/mol. The van der Waals surface area contributed by atoms with Crippen LogP contribution in [-0.4, -0.2) is 16.1 Å². The fraction of sp³-hybridized carbons (Fsp3) is 0. The molecule has 0 amide bonds. The summed E-state index contributed by atoms with van der Waals surface area (Å²) in [5.74, 6) is -0.286. The van der Waals surface area contributed by atoms with Crippen molar-refractivity contribution in [3.05, 3.63) is 65.5 Å². The van der Waals surface area contributed by atoms with Crippen molar-refractivity contribution in [3.63, 3.8) is 0 Å². The summed E-state index contributed by atoms with van der Waals surface area (Å²) in [4.78, 5) is 16.1.